The summed E-state index contributed by atoms with van der Waals surface area (Å²) < 4.78 is 38.2. The first kappa shape index (κ1) is 24.6. The van der Waals surface area contributed by atoms with Crippen LogP contribution in [-0.4, -0.2) is 37.6 Å². The average Bonchev–Trinajstić information content (AvgIpc) is 3.29. The van der Waals surface area contributed by atoms with Crippen LogP contribution in [-0.2, 0) is 28.4 Å². The van der Waals surface area contributed by atoms with Crippen molar-refractivity contribution in [3.05, 3.63) is 105 Å². The Balaban J connectivity index is 1.34. The molecule has 0 spiro atoms. The van der Waals surface area contributed by atoms with Gasteiger partial charge >= 0.3 is 0 Å². The minimum Gasteiger partial charge on any atom is -0.346 e. The molecule has 0 saturated carbocycles. The fraction of sp³-hybridized carbons (Fsp3) is 0.333. The summed E-state index contributed by atoms with van der Waals surface area (Å²) in [6, 6.07) is 22.3. The van der Waals surface area contributed by atoms with Gasteiger partial charge in [0.05, 0.1) is 13.2 Å². The molecule has 9 heteroatoms. The number of hydrogen-bond acceptors (Lipinski definition) is 6. The zero-order chi connectivity index (χ0) is 24.6. The Morgan fingerprint density at radius 2 is 0.833 bits per heavy atom. The molecule has 2 bridgehead atoms. The quantitative estimate of drug-likeness (QED) is 0.364. The van der Waals surface area contributed by atoms with E-state index in [0.29, 0.717) is 20.6 Å². The highest BCUT2D eigenvalue weighted by Gasteiger charge is 2.52. The number of ether oxygens (including phenoxy) is 6. The second-order valence-electron chi connectivity index (χ2n) is 8.78. The van der Waals surface area contributed by atoms with Crippen LogP contribution >= 0.6 is 34.8 Å². The lowest BCUT2D eigenvalue weighted by Gasteiger charge is -2.30. The normalized spacial score (nSPS) is 32.2. The smallest absolute Gasteiger partial charge is 0.186 e. The Kier molecular flexibility index (Phi) is 7.23. The number of benzene rings is 3. The molecule has 3 saturated heterocycles. The van der Waals surface area contributed by atoms with Gasteiger partial charge in [0.2, 0.25) is 0 Å². The van der Waals surface area contributed by atoms with Gasteiger partial charge in [-0.2, -0.15) is 0 Å². The molecule has 3 unspecified atom stereocenters. The highest BCUT2D eigenvalue weighted by Crippen LogP contribution is 2.44. The Hall–Kier alpha value is -1.71. The molecule has 0 radical (unpaired) electrons. The monoisotopic (exact) mass is 548 g/mol. The van der Waals surface area contributed by atoms with E-state index in [1.165, 1.54) is 0 Å². The van der Waals surface area contributed by atoms with Gasteiger partial charge in [-0.15, -0.1) is 0 Å². The van der Waals surface area contributed by atoms with Gasteiger partial charge in [-0.3, -0.25) is 0 Å². The van der Waals surface area contributed by atoms with Crippen LogP contribution in [0.3, 0.4) is 0 Å². The summed E-state index contributed by atoms with van der Waals surface area (Å²) in [5.74, 6) is 0. The molecule has 0 amide bonds. The summed E-state index contributed by atoms with van der Waals surface area (Å²) >= 11 is 19.4. The Labute approximate surface area is 223 Å². The molecule has 3 aliphatic heterocycles. The maximum Gasteiger partial charge on any atom is 0.186 e. The van der Waals surface area contributed by atoms with Crippen molar-refractivity contribution in [1.82, 2.24) is 0 Å². The molecule has 6 nitrogen and oxygen atoms in total. The largest absolute Gasteiger partial charge is 0.346 e. The Bertz CT molecular complexity index is 1160. The predicted molar refractivity (Wildman–Crippen MR) is 134 cm³/mol. The Morgan fingerprint density at radius 1 is 0.472 bits per heavy atom. The van der Waals surface area contributed by atoms with E-state index in [1.807, 2.05) is 54.6 Å². The molecular weight excluding hydrogens is 527 g/mol. The van der Waals surface area contributed by atoms with Gasteiger partial charge in [0.15, 0.2) is 18.9 Å². The van der Waals surface area contributed by atoms with Crippen LogP contribution in [0.2, 0.25) is 15.1 Å². The molecule has 0 aliphatic carbocycles. The van der Waals surface area contributed by atoms with Crippen LogP contribution in [0, 0.1) is 0 Å². The second-order valence-corrected chi connectivity index (χ2v) is 10.00. The van der Waals surface area contributed by atoms with E-state index < -0.39 is 43.3 Å². The molecule has 3 aromatic carbocycles. The molecule has 188 valence electrons. The summed E-state index contributed by atoms with van der Waals surface area (Å²) in [5.41, 5.74) is 2.17. The molecule has 3 aromatic rings. The molecule has 3 aliphatic rings. The summed E-state index contributed by atoms with van der Waals surface area (Å²) in [6.45, 7) is 0.291. The SMILES string of the molecule is Clc1ccccc1C1OC[C@@H]2OC(c3ccccc3Cl)O[C@H](CO1)[C@@H]1OC(c3ccccc3Cl)O[C@H]12. The van der Waals surface area contributed by atoms with E-state index in [0.717, 1.165) is 11.1 Å². The highest BCUT2D eigenvalue weighted by molar-refractivity contribution is 6.32. The summed E-state index contributed by atoms with van der Waals surface area (Å²) in [4.78, 5) is 0. The maximum absolute atomic E-state index is 6.49. The van der Waals surface area contributed by atoms with Gasteiger partial charge in [-0.25, -0.2) is 0 Å². The third-order valence-corrected chi connectivity index (χ3v) is 7.55. The van der Waals surface area contributed by atoms with Gasteiger partial charge < -0.3 is 28.4 Å². The summed E-state index contributed by atoms with van der Waals surface area (Å²) in [7, 11) is 0. The summed E-state index contributed by atoms with van der Waals surface area (Å²) in [6.07, 6.45) is -4.25. The van der Waals surface area contributed by atoms with E-state index in [2.05, 4.69) is 0 Å². The van der Waals surface area contributed by atoms with E-state index in [4.69, 9.17) is 63.2 Å². The van der Waals surface area contributed by atoms with Crippen LogP contribution in [0.4, 0.5) is 0 Å². The minimum atomic E-state index is -0.755. The van der Waals surface area contributed by atoms with E-state index in [9.17, 15) is 0 Å². The summed E-state index contributed by atoms with van der Waals surface area (Å²) in [5, 5.41) is 1.64. The van der Waals surface area contributed by atoms with Crippen LogP contribution in [0.25, 0.3) is 0 Å². The van der Waals surface area contributed by atoms with Gasteiger partial charge in [0.25, 0.3) is 0 Å². The van der Waals surface area contributed by atoms with Crippen molar-refractivity contribution in [3.63, 3.8) is 0 Å². The van der Waals surface area contributed by atoms with Crippen molar-refractivity contribution in [1.29, 1.82) is 0 Å². The van der Waals surface area contributed by atoms with Gasteiger partial charge in [-0.1, -0.05) is 89.4 Å². The van der Waals surface area contributed by atoms with Crippen LogP contribution in [0.15, 0.2) is 72.8 Å². The lowest BCUT2D eigenvalue weighted by atomic mass is 10.0. The second kappa shape index (κ2) is 10.6. The number of halogens is 3. The van der Waals surface area contributed by atoms with Crippen molar-refractivity contribution >= 4 is 34.8 Å². The fourth-order valence-electron chi connectivity index (χ4n) is 4.73. The minimum absolute atomic E-state index is 0.146. The molecule has 0 aromatic heterocycles. The third-order valence-electron chi connectivity index (χ3n) is 6.52. The van der Waals surface area contributed by atoms with Gasteiger partial charge in [-0.05, 0) is 18.2 Å². The first-order valence-electron chi connectivity index (χ1n) is 11.7. The maximum atomic E-state index is 6.49. The molecule has 6 rings (SSSR count). The zero-order valence-electron chi connectivity index (χ0n) is 19.0. The fourth-order valence-corrected chi connectivity index (χ4v) is 5.40. The van der Waals surface area contributed by atoms with E-state index in [-0.39, 0.29) is 13.2 Å². The van der Waals surface area contributed by atoms with E-state index >= 15 is 0 Å². The standard InChI is InChI=1S/C27H23Cl3O6/c28-18-10-4-1-7-15(18)25-31-13-21-23-24(36-27(35-23)17-9-3-6-12-20(17)30)22(14-32-25)34-26(33-21)16-8-2-5-11-19(16)29/h1-12,21-27H,13-14H2/t21-,22+,23-,24-,25?,26?,27?/m0/s1. The first-order chi connectivity index (χ1) is 17.6. The average molecular weight is 550 g/mol. The first-order valence-corrected chi connectivity index (χ1v) is 12.8. The Morgan fingerprint density at radius 3 is 1.25 bits per heavy atom. The van der Waals surface area contributed by atoms with Crippen molar-refractivity contribution in [2.24, 2.45) is 0 Å². The van der Waals surface area contributed by atoms with Crippen molar-refractivity contribution in [2.45, 2.75) is 43.3 Å². The van der Waals surface area contributed by atoms with Crippen molar-refractivity contribution in [3.8, 4) is 0 Å². The van der Waals surface area contributed by atoms with Gasteiger partial charge in [0, 0.05) is 31.8 Å². The van der Waals surface area contributed by atoms with Crippen molar-refractivity contribution < 1.29 is 28.4 Å². The lowest BCUT2D eigenvalue weighted by molar-refractivity contribution is -0.266. The van der Waals surface area contributed by atoms with Crippen molar-refractivity contribution in [2.75, 3.05) is 13.2 Å². The topological polar surface area (TPSA) is 55.4 Å². The van der Waals surface area contributed by atoms with Crippen LogP contribution in [0.5, 0.6) is 0 Å². The van der Waals surface area contributed by atoms with Gasteiger partial charge in [0.1, 0.15) is 24.4 Å². The molecular formula is C27H23Cl3O6. The van der Waals surface area contributed by atoms with E-state index in [1.54, 1.807) is 18.2 Å². The molecule has 3 heterocycles. The van der Waals surface area contributed by atoms with Crippen LogP contribution < -0.4 is 0 Å². The number of rotatable bonds is 3. The third kappa shape index (κ3) is 4.78. The molecule has 36 heavy (non-hydrogen) atoms. The highest BCUT2D eigenvalue weighted by atomic mass is 35.5. The lowest BCUT2D eigenvalue weighted by Crippen LogP contribution is -2.43. The predicted octanol–water partition coefficient (Wildman–Crippen LogP) is 6.66. The zero-order valence-corrected chi connectivity index (χ0v) is 21.2. The van der Waals surface area contributed by atoms with Crippen LogP contribution in [0.1, 0.15) is 35.6 Å². The molecule has 0 N–H and O–H groups in total. The molecule has 3 fully saturated rings. The number of hydrogen-bond donors (Lipinski definition) is 0. The molecule has 7 atom stereocenters.